The smallest absolute Gasteiger partial charge is 0.467 e. The van der Waals surface area contributed by atoms with E-state index >= 15 is 0 Å². The van der Waals surface area contributed by atoms with Crippen LogP contribution in [0.15, 0.2) is 77.3 Å². The summed E-state index contributed by atoms with van der Waals surface area (Å²) < 4.78 is 47.0. The van der Waals surface area contributed by atoms with Crippen molar-refractivity contribution in [2.45, 2.75) is 31.1 Å². The van der Waals surface area contributed by atoms with E-state index in [4.69, 9.17) is 4.74 Å². The summed E-state index contributed by atoms with van der Waals surface area (Å²) in [6.45, 7) is 1.71. The molecule has 3 atom stereocenters. The molecule has 0 saturated carbocycles. The van der Waals surface area contributed by atoms with Crippen LogP contribution in [0.25, 0.3) is 6.08 Å². The Morgan fingerprint density at radius 1 is 1.12 bits per heavy atom. The van der Waals surface area contributed by atoms with Gasteiger partial charge >= 0.3 is 18.1 Å². The summed E-state index contributed by atoms with van der Waals surface area (Å²) >= 11 is 3.39. The van der Waals surface area contributed by atoms with Crippen LogP contribution in [0.2, 0.25) is 0 Å². The number of benzene rings is 2. The maximum atomic E-state index is 13.9. The van der Waals surface area contributed by atoms with Crippen LogP contribution in [0.1, 0.15) is 30.5 Å². The number of esters is 1. The number of carbonyl (C=O) groups excluding carboxylic acids is 2. The molecule has 4 nitrogen and oxygen atoms in total. The highest BCUT2D eigenvalue weighted by Gasteiger charge is 2.57. The van der Waals surface area contributed by atoms with Crippen molar-refractivity contribution in [2.75, 3.05) is 7.11 Å². The molecule has 3 rings (SSSR count). The molecule has 0 aliphatic carbocycles. The molecule has 3 unspecified atom stereocenters. The second-order valence-corrected chi connectivity index (χ2v) is 8.64. The van der Waals surface area contributed by atoms with E-state index in [0.717, 1.165) is 12.7 Å². The number of methoxy groups -OCH3 is 1. The first kappa shape index (κ1) is 24.8. The second-order valence-electron chi connectivity index (χ2n) is 7.79. The lowest BCUT2D eigenvalue weighted by Gasteiger charge is -2.48. The number of hydrogen-bond donors (Lipinski definition) is 0. The van der Waals surface area contributed by atoms with E-state index in [1.165, 1.54) is 6.08 Å². The first-order chi connectivity index (χ1) is 15.6. The van der Waals surface area contributed by atoms with Crippen LogP contribution in [0.3, 0.4) is 0 Å². The van der Waals surface area contributed by atoms with Crippen LogP contribution >= 0.6 is 15.9 Å². The Kier molecular flexibility index (Phi) is 7.47. The van der Waals surface area contributed by atoms with E-state index in [0.29, 0.717) is 14.9 Å². The number of nitrogens with zero attached hydrogens (tertiary/aromatic N) is 1. The van der Waals surface area contributed by atoms with E-state index in [9.17, 15) is 22.8 Å². The molecule has 0 N–H and O–H groups in total. The molecule has 0 spiro atoms. The van der Waals surface area contributed by atoms with Gasteiger partial charge in [0, 0.05) is 10.9 Å². The molecular weight excluding hydrogens is 499 g/mol. The minimum atomic E-state index is -5.19. The van der Waals surface area contributed by atoms with E-state index < -0.39 is 35.6 Å². The third kappa shape index (κ3) is 5.05. The van der Waals surface area contributed by atoms with Gasteiger partial charge in [-0.25, -0.2) is 4.79 Å². The van der Waals surface area contributed by atoms with Crippen molar-refractivity contribution in [3.8, 4) is 0 Å². The van der Waals surface area contributed by atoms with Gasteiger partial charge in [0.15, 0.2) is 5.54 Å². The molecule has 174 valence electrons. The lowest BCUT2D eigenvalue weighted by molar-refractivity contribution is -0.199. The van der Waals surface area contributed by atoms with Gasteiger partial charge in [-0.15, -0.1) is 0 Å². The number of amides is 1. The molecule has 0 saturated heterocycles. The standard InChI is InChI=1S/C25H23BrF3NO3/c1-17-14-16-24(23(32)33-2,15-8-11-18-9-4-3-5-10-18)30(22(31)25(27,28)29)21(17)19-12-6-7-13-20(19)26/h3-14,16-17,21H,15H2,1-2H3. The quantitative estimate of drug-likeness (QED) is 0.352. The van der Waals surface area contributed by atoms with Crippen molar-refractivity contribution in [1.82, 2.24) is 4.90 Å². The van der Waals surface area contributed by atoms with Crippen LogP contribution in [-0.4, -0.2) is 35.6 Å². The predicted octanol–water partition coefficient (Wildman–Crippen LogP) is 6.10. The Hall–Kier alpha value is -2.87. The molecule has 33 heavy (non-hydrogen) atoms. The Morgan fingerprint density at radius 2 is 1.76 bits per heavy atom. The number of halogens is 4. The van der Waals surface area contributed by atoms with Gasteiger partial charge < -0.3 is 9.64 Å². The molecule has 1 aliphatic rings. The van der Waals surface area contributed by atoms with Gasteiger partial charge in [-0.05, 0) is 23.1 Å². The van der Waals surface area contributed by atoms with E-state index in [-0.39, 0.29) is 6.42 Å². The zero-order valence-electron chi connectivity index (χ0n) is 18.1. The minimum absolute atomic E-state index is 0.194. The maximum absolute atomic E-state index is 13.9. The Labute approximate surface area is 198 Å². The molecule has 1 aliphatic heterocycles. The highest BCUT2D eigenvalue weighted by atomic mass is 79.9. The lowest BCUT2D eigenvalue weighted by atomic mass is 9.79. The molecular formula is C25H23BrF3NO3. The highest BCUT2D eigenvalue weighted by Crippen LogP contribution is 2.46. The number of carbonyl (C=O) groups is 2. The largest absolute Gasteiger partial charge is 0.471 e. The minimum Gasteiger partial charge on any atom is -0.467 e. The molecule has 2 aromatic carbocycles. The average Bonchev–Trinajstić information content (AvgIpc) is 2.79. The fourth-order valence-electron chi connectivity index (χ4n) is 4.09. The average molecular weight is 522 g/mol. The monoisotopic (exact) mass is 521 g/mol. The molecule has 1 heterocycles. The van der Waals surface area contributed by atoms with Gasteiger partial charge in [-0.2, -0.15) is 13.2 Å². The molecule has 8 heteroatoms. The number of rotatable bonds is 5. The number of hydrogen-bond acceptors (Lipinski definition) is 3. The fourth-order valence-corrected chi connectivity index (χ4v) is 4.61. The SMILES string of the molecule is COC(=O)C1(CC=Cc2ccccc2)C=CC(C)C(c2ccccc2Br)N1C(=O)C(F)(F)F. The van der Waals surface area contributed by atoms with Crippen molar-refractivity contribution in [1.29, 1.82) is 0 Å². The molecule has 0 fully saturated rings. The van der Waals surface area contributed by atoms with Crippen molar-refractivity contribution in [3.05, 3.63) is 88.4 Å². The Bertz CT molecular complexity index is 1070. The van der Waals surface area contributed by atoms with E-state index in [1.54, 1.807) is 49.4 Å². The summed E-state index contributed by atoms with van der Waals surface area (Å²) in [4.78, 5) is 26.5. The summed E-state index contributed by atoms with van der Waals surface area (Å²) in [7, 11) is 1.10. The second kappa shape index (κ2) is 9.95. The number of ether oxygens (including phenoxy) is 1. The molecule has 0 aromatic heterocycles. The van der Waals surface area contributed by atoms with Crippen LogP contribution in [0.4, 0.5) is 13.2 Å². The van der Waals surface area contributed by atoms with Crippen LogP contribution in [0.5, 0.6) is 0 Å². The molecule has 1 amide bonds. The van der Waals surface area contributed by atoms with E-state index in [2.05, 4.69) is 15.9 Å². The Balaban J connectivity index is 2.18. The first-order valence-electron chi connectivity index (χ1n) is 10.3. The summed E-state index contributed by atoms with van der Waals surface area (Å²) in [6.07, 6.45) is 0.918. The normalized spacial score (nSPS) is 23.0. The summed E-state index contributed by atoms with van der Waals surface area (Å²) in [6, 6.07) is 14.8. The van der Waals surface area contributed by atoms with Crippen molar-refractivity contribution in [2.24, 2.45) is 5.92 Å². The number of alkyl halides is 3. The van der Waals surface area contributed by atoms with Gasteiger partial charge in [0.25, 0.3) is 0 Å². The predicted molar refractivity (Wildman–Crippen MR) is 123 cm³/mol. The van der Waals surface area contributed by atoms with Crippen molar-refractivity contribution in [3.63, 3.8) is 0 Å². The summed E-state index contributed by atoms with van der Waals surface area (Å²) in [5, 5.41) is 0. The van der Waals surface area contributed by atoms with Gasteiger partial charge in [0.05, 0.1) is 13.2 Å². The van der Waals surface area contributed by atoms with Crippen LogP contribution in [-0.2, 0) is 14.3 Å². The molecule has 2 aromatic rings. The zero-order chi connectivity index (χ0) is 24.2. The zero-order valence-corrected chi connectivity index (χ0v) is 19.6. The first-order valence-corrected chi connectivity index (χ1v) is 11.1. The summed E-state index contributed by atoms with van der Waals surface area (Å²) in [5.41, 5.74) is -0.701. The molecule has 0 radical (unpaired) electrons. The Morgan fingerprint density at radius 3 is 2.36 bits per heavy atom. The lowest BCUT2D eigenvalue weighted by Crippen LogP contribution is -2.62. The van der Waals surface area contributed by atoms with E-state index in [1.807, 2.05) is 30.3 Å². The van der Waals surface area contributed by atoms with Crippen molar-refractivity contribution < 1.29 is 27.5 Å². The molecule has 0 bridgehead atoms. The van der Waals surface area contributed by atoms with Crippen molar-refractivity contribution >= 4 is 33.9 Å². The summed E-state index contributed by atoms with van der Waals surface area (Å²) in [5.74, 6) is -3.54. The van der Waals surface area contributed by atoms with Gasteiger partial charge in [0.2, 0.25) is 0 Å². The third-order valence-corrected chi connectivity index (χ3v) is 6.37. The van der Waals surface area contributed by atoms with Crippen LogP contribution in [0, 0.1) is 5.92 Å². The van der Waals surface area contributed by atoms with Gasteiger partial charge in [-0.1, -0.05) is 95.7 Å². The van der Waals surface area contributed by atoms with Gasteiger partial charge in [0.1, 0.15) is 0 Å². The van der Waals surface area contributed by atoms with Gasteiger partial charge in [-0.3, -0.25) is 4.79 Å². The van der Waals surface area contributed by atoms with Crippen LogP contribution < -0.4 is 0 Å². The highest BCUT2D eigenvalue weighted by molar-refractivity contribution is 9.10. The fraction of sp³-hybridized carbons (Fsp3) is 0.280. The third-order valence-electron chi connectivity index (χ3n) is 5.64. The topological polar surface area (TPSA) is 46.6 Å². The maximum Gasteiger partial charge on any atom is 0.471 e.